The minimum absolute atomic E-state index is 0.408. The molecule has 94 valence electrons. The molecule has 0 radical (unpaired) electrons. The van der Waals surface area contributed by atoms with Gasteiger partial charge >= 0.3 is 0 Å². The Hall–Kier alpha value is -1.32. The average Bonchev–Trinajstić information content (AvgIpc) is 3.01. The van der Waals surface area contributed by atoms with Crippen molar-refractivity contribution in [2.24, 2.45) is 0 Å². The van der Waals surface area contributed by atoms with Crippen LogP contribution < -0.4 is 5.32 Å². The molecule has 0 saturated carbocycles. The third kappa shape index (κ3) is 1.93. The predicted octanol–water partition coefficient (Wildman–Crippen LogP) is 3.26. The van der Waals surface area contributed by atoms with Crippen LogP contribution in [0.3, 0.4) is 0 Å². The first-order chi connectivity index (χ1) is 8.77. The highest BCUT2D eigenvalue weighted by Crippen LogP contribution is 2.28. The van der Waals surface area contributed by atoms with E-state index in [4.69, 9.17) is 11.6 Å². The van der Waals surface area contributed by atoms with Crippen LogP contribution in [0.1, 0.15) is 30.1 Å². The summed E-state index contributed by atoms with van der Waals surface area (Å²) in [5, 5.41) is 4.31. The first-order valence-corrected chi connectivity index (χ1v) is 6.66. The Morgan fingerprint density at radius 1 is 1.44 bits per heavy atom. The topological polar surface area (TPSA) is 29.9 Å². The number of nitrogens with zero attached hydrogens (tertiary/aromatic N) is 2. The van der Waals surface area contributed by atoms with E-state index in [-0.39, 0.29) is 0 Å². The van der Waals surface area contributed by atoms with Gasteiger partial charge < -0.3 is 9.88 Å². The number of nitrogens with one attached hydrogen (secondary N) is 1. The van der Waals surface area contributed by atoms with Crippen molar-refractivity contribution in [3.8, 4) is 5.69 Å². The lowest BCUT2D eigenvalue weighted by atomic mass is 10.1. The molecule has 1 aliphatic rings. The van der Waals surface area contributed by atoms with Crippen LogP contribution >= 0.6 is 11.6 Å². The van der Waals surface area contributed by atoms with Gasteiger partial charge in [0.05, 0.1) is 23.9 Å². The zero-order valence-electron chi connectivity index (χ0n) is 10.4. The van der Waals surface area contributed by atoms with Crippen LogP contribution in [0.25, 0.3) is 5.69 Å². The molecular weight excluding hydrogens is 246 g/mol. The molecule has 4 heteroatoms. The molecule has 1 N–H and O–H groups in total. The Morgan fingerprint density at radius 3 is 3.11 bits per heavy atom. The molecule has 1 saturated heterocycles. The Bertz CT molecular complexity index is 556. The first kappa shape index (κ1) is 11.8. The molecule has 2 heterocycles. The van der Waals surface area contributed by atoms with Gasteiger partial charge in [-0.3, -0.25) is 0 Å². The minimum atomic E-state index is 0.408. The predicted molar refractivity (Wildman–Crippen MR) is 73.3 cm³/mol. The van der Waals surface area contributed by atoms with Gasteiger partial charge in [-0.05, 0) is 44.0 Å². The molecule has 3 rings (SSSR count). The first-order valence-electron chi connectivity index (χ1n) is 6.28. The zero-order valence-corrected chi connectivity index (χ0v) is 11.1. The molecule has 1 aromatic heterocycles. The van der Waals surface area contributed by atoms with E-state index < -0.39 is 0 Å². The van der Waals surface area contributed by atoms with Gasteiger partial charge in [0.1, 0.15) is 0 Å². The molecule has 1 aromatic carbocycles. The van der Waals surface area contributed by atoms with Crippen molar-refractivity contribution in [2.75, 3.05) is 6.54 Å². The molecule has 3 nitrogen and oxygen atoms in total. The van der Waals surface area contributed by atoms with Gasteiger partial charge in [0.2, 0.25) is 0 Å². The van der Waals surface area contributed by atoms with Gasteiger partial charge in [-0.25, -0.2) is 4.98 Å². The normalized spacial score (nSPS) is 19.3. The summed E-state index contributed by atoms with van der Waals surface area (Å²) in [4.78, 5) is 4.29. The van der Waals surface area contributed by atoms with E-state index in [2.05, 4.69) is 20.9 Å². The molecule has 1 fully saturated rings. The maximum Gasteiger partial charge on any atom is 0.0994 e. The fourth-order valence-electron chi connectivity index (χ4n) is 2.56. The average molecular weight is 262 g/mol. The number of halogens is 1. The van der Waals surface area contributed by atoms with Crippen molar-refractivity contribution in [3.63, 3.8) is 0 Å². The Labute approximate surface area is 112 Å². The van der Waals surface area contributed by atoms with Crippen molar-refractivity contribution in [3.05, 3.63) is 47.0 Å². The molecule has 1 atom stereocenters. The second-order valence-electron chi connectivity index (χ2n) is 4.72. The number of rotatable bonds is 2. The van der Waals surface area contributed by atoms with Crippen LogP contribution in [0.5, 0.6) is 0 Å². The van der Waals surface area contributed by atoms with Crippen LogP contribution in [0.4, 0.5) is 0 Å². The Kier molecular flexibility index (Phi) is 3.10. The van der Waals surface area contributed by atoms with Crippen molar-refractivity contribution in [1.29, 1.82) is 0 Å². The number of aromatic nitrogens is 2. The van der Waals surface area contributed by atoms with Crippen molar-refractivity contribution in [2.45, 2.75) is 25.8 Å². The van der Waals surface area contributed by atoms with Gasteiger partial charge in [0.15, 0.2) is 0 Å². The van der Waals surface area contributed by atoms with Gasteiger partial charge in [-0.2, -0.15) is 0 Å². The molecule has 2 aromatic rings. The fourth-order valence-corrected chi connectivity index (χ4v) is 2.73. The molecule has 0 amide bonds. The van der Waals surface area contributed by atoms with E-state index in [0.29, 0.717) is 6.04 Å². The number of hydrogen-bond donors (Lipinski definition) is 1. The van der Waals surface area contributed by atoms with E-state index in [0.717, 1.165) is 22.8 Å². The van der Waals surface area contributed by atoms with Gasteiger partial charge in [-0.1, -0.05) is 17.7 Å². The lowest BCUT2D eigenvalue weighted by Crippen LogP contribution is -2.16. The van der Waals surface area contributed by atoms with Crippen LogP contribution in [-0.4, -0.2) is 16.1 Å². The minimum Gasteiger partial charge on any atom is -0.309 e. The summed E-state index contributed by atoms with van der Waals surface area (Å²) in [6.07, 6.45) is 6.22. The summed E-state index contributed by atoms with van der Waals surface area (Å²) in [6.45, 7) is 3.13. The second-order valence-corrected chi connectivity index (χ2v) is 5.13. The third-order valence-corrected chi connectivity index (χ3v) is 3.99. The monoisotopic (exact) mass is 261 g/mol. The molecule has 1 unspecified atom stereocenters. The second kappa shape index (κ2) is 4.75. The molecular formula is C14H16ClN3. The molecule has 0 aliphatic carbocycles. The summed E-state index contributed by atoms with van der Waals surface area (Å²) in [5.74, 6) is 0. The van der Waals surface area contributed by atoms with Crippen molar-refractivity contribution in [1.82, 2.24) is 14.9 Å². The SMILES string of the molecule is Cc1c(Cl)cccc1-n1cncc1C1CCCN1. The van der Waals surface area contributed by atoms with E-state index in [9.17, 15) is 0 Å². The van der Waals surface area contributed by atoms with E-state index in [1.807, 2.05) is 31.6 Å². The van der Waals surface area contributed by atoms with Crippen LogP contribution in [0.2, 0.25) is 5.02 Å². The summed E-state index contributed by atoms with van der Waals surface area (Å²) in [5.41, 5.74) is 3.43. The highest BCUT2D eigenvalue weighted by molar-refractivity contribution is 6.31. The molecule has 1 aliphatic heterocycles. The fraction of sp³-hybridized carbons (Fsp3) is 0.357. The zero-order chi connectivity index (χ0) is 12.5. The van der Waals surface area contributed by atoms with Gasteiger partial charge in [0.25, 0.3) is 0 Å². The summed E-state index contributed by atoms with van der Waals surface area (Å²) >= 11 is 6.19. The number of hydrogen-bond acceptors (Lipinski definition) is 2. The standard InChI is InChI=1S/C14H16ClN3/c1-10-11(15)4-2-6-13(10)18-9-16-8-14(18)12-5-3-7-17-12/h2,4,6,8-9,12,17H,3,5,7H2,1H3. The van der Waals surface area contributed by atoms with Crippen molar-refractivity contribution >= 4 is 11.6 Å². The largest absolute Gasteiger partial charge is 0.309 e. The summed E-state index contributed by atoms with van der Waals surface area (Å²) < 4.78 is 2.14. The van der Waals surface area contributed by atoms with Gasteiger partial charge in [0, 0.05) is 11.1 Å². The van der Waals surface area contributed by atoms with Crippen LogP contribution in [0, 0.1) is 6.92 Å². The Balaban J connectivity index is 2.06. The number of benzene rings is 1. The van der Waals surface area contributed by atoms with E-state index in [1.165, 1.54) is 18.5 Å². The van der Waals surface area contributed by atoms with Crippen LogP contribution in [-0.2, 0) is 0 Å². The third-order valence-electron chi connectivity index (χ3n) is 3.58. The maximum atomic E-state index is 6.19. The molecule has 0 bridgehead atoms. The van der Waals surface area contributed by atoms with Gasteiger partial charge in [-0.15, -0.1) is 0 Å². The summed E-state index contributed by atoms with van der Waals surface area (Å²) in [7, 11) is 0. The quantitative estimate of drug-likeness (QED) is 0.899. The maximum absolute atomic E-state index is 6.19. The summed E-state index contributed by atoms with van der Waals surface area (Å²) in [6, 6.07) is 6.40. The molecule has 18 heavy (non-hydrogen) atoms. The Morgan fingerprint density at radius 2 is 2.33 bits per heavy atom. The highest BCUT2D eigenvalue weighted by Gasteiger charge is 2.20. The highest BCUT2D eigenvalue weighted by atomic mass is 35.5. The lowest BCUT2D eigenvalue weighted by molar-refractivity contribution is 0.615. The molecule has 0 spiro atoms. The smallest absolute Gasteiger partial charge is 0.0994 e. The number of imidazole rings is 1. The van der Waals surface area contributed by atoms with E-state index in [1.54, 1.807) is 0 Å². The van der Waals surface area contributed by atoms with Crippen molar-refractivity contribution < 1.29 is 0 Å². The van der Waals surface area contributed by atoms with Crippen LogP contribution in [0.15, 0.2) is 30.7 Å². The van der Waals surface area contributed by atoms with E-state index >= 15 is 0 Å². The lowest BCUT2D eigenvalue weighted by Gasteiger charge is -2.16.